The highest BCUT2D eigenvalue weighted by Gasteiger charge is 2.46. The van der Waals surface area contributed by atoms with Gasteiger partial charge in [0.15, 0.2) is 0 Å². The van der Waals surface area contributed by atoms with Crippen molar-refractivity contribution in [2.24, 2.45) is 5.41 Å². The van der Waals surface area contributed by atoms with Gasteiger partial charge in [-0.15, -0.1) is 0 Å². The summed E-state index contributed by atoms with van der Waals surface area (Å²) < 4.78 is 0.780. The molecule has 1 aliphatic rings. The topological polar surface area (TPSA) is 74.7 Å². The van der Waals surface area contributed by atoms with Gasteiger partial charge in [-0.2, -0.15) is 0 Å². The lowest BCUT2D eigenvalue weighted by molar-refractivity contribution is -0.145. The fourth-order valence-electron chi connectivity index (χ4n) is 3.18. The number of hydrogen-bond acceptors (Lipinski definition) is 3. The summed E-state index contributed by atoms with van der Waals surface area (Å²) in [5, 5.41) is 11.0. The van der Waals surface area contributed by atoms with E-state index in [9.17, 15) is 19.5 Å². The molecule has 124 valence electrons. The molecular formula is C18H16BrNO4. The molecule has 2 aromatic carbocycles. The zero-order chi connectivity index (χ0) is 17.8. The van der Waals surface area contributed by atoms with Crippen molar-refractivity contribution >= 4 is 44.5 Å². The first kappa shape index (κ1) is 16.6. The van der Waals surface area contributed by atoms with Gasteiger partial charge in [-0.05, 0) is 29.0 Å². The van der Waals surface area contributed by atoms with Crippen LogP contribution in [0, 0.1) is 5.41 Å². The maximum absolute atomic E-state index is 12.9. The first-order chi connectivity index (χ1) is 11.1. The Kier molecular flexibility index (Phi) is 3.75. The van der Waals surface area contributed by atoms with Crippen LogP contribution in [0.2, 0.25) is 0 Å². The van der Waals surface area contributed by atoms with Gasteiger partial charge in [-0.3, -0.25) is 14.5 Å². The third kappa shape index (κ3) is 2.33. The normalized spacial score (nSPS) is 15.8. The van der Waals surface area contributed by atoms with Gasteiger partial charge in [0.25, 0.3) is 11.8 Å². The van der Waals surface area contributed by atoms with Crippen molar-refractivity contribution in [3.05, 3.63) is 45.9 Å². The molecule has 1 atom stereocenters. The maximum atomic E-state index is 12.9. The van der Waals surface area contributed by atoms with Crippen LogP contribution in [-0.4, -0.2) is 33.8 Å². The zero-order valence-corrected chi connectivity index (χ0v) is 15.0. The fraction of sp³-hybridized carbons (Fsp3) is 0.278. The van der Waals surface area contributed by atoms with Crippen molar-refractivity contribution in [2.45, 2.75) is 26.8 Å². The average Bonchev–Trinajstić information content (AvgIpc) is 2.48. The Bertz CT molecular complexity index is 876. The number of aliphatic carboxylic acids is 1. The van der Waals surface area contributed by atoms with Gasteiger partial charge in [0.05, 0.1) is 0 Å². The summed E-state index contributed by atoms with van der Waals surface area (Å²) in [5.41, 5.74) is -0.101. The second-order valence-electron chi connectivity index (χ2n) is 6.91. The molecule has 1 aliphatic heterocycles. The number of benzene rings is 2. The molecule has 24 heavy (non-hydrogen) atoms. The lowest BCUT2D eigenvalue weighted by Gasteiger charge is -2.38. The summed E-state index contributed by atoms with van der Waals surface area (Å²) in [6.07, 6.45) is 0. The van der Waals surface area contributed by atoms with Gasteiger partial charge in [-0.25, -0.2) is 4.79 Å². The first-order valence-corrected chi connectivity index (χ1v) is 8.26. The molecule has 0 saturated carbocycles. The molecule has 0 saturated heterocycles. The molecule has 3 rings (SSSR count). The van der Waals surface area contributed by atoms with E-state index in [0.29, 0.717) is 16.5 Å². The minimum Gasteiger partial charge on any atom is -0.480 e. The van der Waals surface area contributed by atoms with E-state index in [-0.39, 0.29) is 0 Å². The van der Waals surface area contributed by atoms with E-state index in [4.69, 9.17) is 0 Å². The number of imide groups is 1. The number of amides is 2. The Hall–Kier alpha value is -2.21. The molecule has 6 heteroatoms. The summed E-state index contributed by atoms with van der Waals surface area (Å²) in [5.74, 6) is -2.34. The van der Waals surface area contributed by atoms with E-state index in [2.05, 4.69) is 15.9 Å². The molecule has 1 N–H and O–H groups in total. The molecule has 0 radical (unpaired) electrons. The van der Waals surface area contributed by atoms with Crippen molar-refractivity contribution < 1.29 is 19.5 Å². The van der Waals surface area contributed by atoms with Gasteiger partial charge in [0.2, 0.25) is 0 Å². The summed E-state index contributed by atoms with van der Waals surface area (Å²) in [6.45, 7) is 5.10. The Balaban J connectivity index is 2.29. The lowest BCUT2D eigenvalue weighted by Crippen LogP contribution is -2.56. The highest BCUT2D eigenvalue weighted by molar-refractivity contribution is 9.10. The molecule has 1 heterocycles. The van der Waals surface area contributed by atoms with Crippen molar-refractivity contribution in [1.82, 2.24) is 4.90 Å². The van der Waals surface area contributed by atoms with Gasteiger partial charge in [-0.1, -0.05) is 48.8 Å². The van der Waals surface area contributed by atoms with E-state index in [0.717, 1.165) is 14.8 Å². The highest BCUT2D eigenvalue weighted by atomic mass is 79.9. The maximum Gasteiger partial charge on any atom is 0.327 e. The number of hydrogen-bond donors (Lipinski definition) is 1. The molecule has 2 amide bonds. The molecule has 0 spiro atoms. The second-order valence-corrected chi connectivity index (χ2v) is 7.76. The Morgan fingerprint density at radius 3 is 2.21 bits per heavy atom. The smallest absolute Gasteiger partial charge is 0.327 e. The molecule has 0 aromatic heterocycles. The van der Waals surface area contributed by atoms with Crippen LogP contribution in [0.3, 0.4) is 0 Å². The first-order valence-electron chi connectivity index (χ1n) is 7.46. The molecular weight excluding hydrogens is 374 g/mol. The Labute approximate surface area is 147 Å². The van der Waals surface area contributed by atoms with Crippen LogP contribution in [0.1, 0.15) is 41.5 Å². The molecule has 2 aromatic rings. The SMILES string of the molecule is CC(C)(C)C(C(=O)O)N1C(=O)c2cccc3c(Br)ccc(c23)C1=O. The summed E-state index contributed by atoms with van der Waals surface area (Å²) in [7, 11) is 0. The van der Waals surface area contributed by atoms with Crippen molar-refractivity contribution in [3.63, 3.8) is 0 Å². The number of nitrogens with zero attached hydrogens (tertiary/aromatic N) is 1. The van der Waals surface area contributed by atoms with Crippen LogP contribution in [0.4, 0.5) is 0 Å². The van der Waals surface area contributed by atoms with Crippen LogP contribution in [0.25, 0.3) is 10.8 Å². The fourth-order valence-corrected chi connectivity index (χ4v) is 3.64. The van der Waals surface area contributed by atoms with Crippen molar-refractivity contribution in [3.8, 4) is 0 Å². The summed E-state index contributed by atoms with van der Waals surface area (Å²) in [6, 6.07) is 7.29. The number of carboxylic acid groups (broad SMARTS) is 1. The van der Waals surface area contributed by atoms with E-state index >= 15 is 0 Å². The van der Waals surface area contributed by atoms with Crippen LogP contribution < -0.4 is 0 Å². The standard InChI is InChI=1S/C18H16BrNO4/c1-18(2,3)14(17(23)24)20-15(21)10-6-4-5-9-12(19)8-7-11(13(9)10)16(20)22/h4-8,14H,1-3H3,(H,23,24). The quantitative estimate of drug-likeness (QED) is 0.794. The van der Waals surface area contributed by atoms with E-state index in [1.807, 2.05) is 6.07 Å². The van der Waals surface area contributed by atoms with Crippen LogP contribution in [0.5, 0.6) is 0 Å². The van der Waals surface area contributed by atoms with Crippen LogP contribution in [-0.2, 0) is 4.79 Å². The van der Waals surface area contributed by atoms with E-state index < -0.39 is 29.2 Å². The molecule has 0 fully saturated rings. The van der Waals surface area contributed by atoms with Gasteiger partial charge < -0.3 is 5.11 Å². The lowest BCUT2D eigenvalue weighted by atomic mass is 9.83. The number of carbonyl (C=O) groups is 3. The molecule has 1 unspecified atom stereocenters. The minimum atomic E-state index is -1.25. The average molecular weight is 390 g/mol. The second kappa shape index (κ2) is 5.41. The Morgan fingerprint density at radius 2 is 1.67 bits per heavy atom. The third-order valence-corrected chi connectivity index (χ3v) is 4.89. The highest BCUT2D eigenvalue weighted by Crippen LogP contribution is 2.37. The van der Waals surface area contributed by atoms with Gasteiger partial charge >= 0.3 is 5.97 Å². The van der Waals surface area contributed by atoms with Crippen molar-refractivity contribution in [1.29, 1.82) is 0 Å². The monoisotopic (exact) mass is 389 g/mol. The minimum absolute atomic E-state index is 0.346. The van der Waals surface area contributed by atoms with Gasteiger partial charge in [0, 0.05) is 21.0 Å². The van der Waals surface area contributed by atoms with Crippen molar-refractivity contribution in [2.75, 3.05) is 0 Å². The molecule has 0 bridgehead atoms. The van der Waals surface area contributed by atoms with E-state index in [1.165, 1.54) is 0 Å². The largest absolute Gasteiger partial charge is 0.480 e. The number of rotatable bonds is 2. The third-order valence-electron chi connectivity index (χ3n) is 4.20. The number of halogens is 1. The number of carbonyl (C=O) groups excluding carboxylic acids is 2. The van der Waals surface area contributed by atoms with E-state index in [1.54, 1.807) is 45.0 Å². The predicted octanol–water partition coefficient (Wildman–Crippen LogP) is 3.70. The predicted molar refractivity (Wildman–Crippen MR) is 93.0 cm³/mol. The van der Waals surface area contributed by atoms with Gasteiger partial charge in [0.1, 0.15) is 6.04 Å². The number of carboxylic acids is 1. The zero-order valence-electron chi connectivity index (χ0n) is 13.5. The summed E-state index contributed by atoms with van der Waals surface area (Å²) >= 11 is 3.43. The molecule has 0 aliphatic carbocycles. The van der Waals surface area contributed by atoms with Crippen LogP contribution >= 0.6 is 15.9 Å². The molecule has 5 nitrogen and oxygen atoms in total. The van der Waals surface area contributed by atoms with Crippen LogP contribution in [0.15, 0.2) is 34.8 Å². The summed E-state index contributed by atoms with van der Waals surface area (Å²) in [4.78, 5) is 38.6. The Morgan fingerprint density at radius 1 is 1.08 bits per heavy atom.